The first-order valence-corrected chi connectivity index (χ1v) is 10.7. The number of hydrogen-bond donors (Lipinski definition) is 2. The second-order valence-electron chi connectivity index (χ2n) is 8.76. The normalized spacial score (nSPS) is 17.5. The molecule has 1 aliphatic heterocycles. The molecule has 0 aliphatic carbocycles. The van der Waals surface area contributed by atoms with Crippen molar-refractivity contribution in [3.8, 4) is 11.3 Å². The zero-order chi connectivity index (χ0) is 21.0. The minimum absolute atomic E-state index is 0.338. The van der Waals surface area contributed by atoms with E-state index in [1.54, 1.807) is 6.33 Å². The Hall–Kier alpha value is -2.93. The first-order chi connectivity index (χ1) is 14.4. The maximum atomic E-state index is 5.14. The van der Waals surface area contributed by atoms with E-state index in [9.17, 15) is 0 Å². The lowest BCUT2D eigenvalue weighted by Gasteiger charge is -2.32. The predicted octanol–water partition coefficient (Wildman–Crippen LogP) is 3.81. The second kappa shape index (κ2) is 7.09. The van der Waals surface area contributed by atoms with Crippen molar-refractivity contribution in [3.63, 3.8) is 0 Å². The summed E-state index contributed by atoms with van der Waals surface area (Å²) in [5.41, 5.74) is 8.99. The Morgan fingerprint density at radius 3 is 2.77 bits per heavy atom. The molecular formula is C23H29N7. The maximum absolute atomic E-state index is 5.14. The number of rotatable bonds is 3. The number of hydrogen-bond acceptors (Lipinski definition) is 5. The number of aromatic nitrogens is 5. The van der Waals surface area contributed by atoms with Gasteiger partial charge in [-0.25, -0.2) is 14.5 Å². The summed E-state index contributed by atoms with van der Waals surface area (Å²) in [6, 6.07) is 4.79. The summed E-state index contributed by atoms with van der Waals surface area (Å²) in [6.07, 6.45) is 3.70. The SMILES string of the molecule is Cc1c(-c2[nH]c3ccc(N4CCN[C@H](C)C4)nc3c2C(C)C)cn2ncnc2c1C. The molecule has 0 saturated carbocycles. The first kappa shape index (κ1) is 19.1. The summed E-state index contributed by atoms with van der Waals surface area (Å²) in [6.45, 7) is 13.9. The third-order valence-corrected chi connectivity index (χ3v) is 6.33. The van der Waals surface area contributed by atoms with E-state index in [1.807, 2.05) is 4.52 Å². The number of anilines is 1. The van der Waals surface area contributed by atoms with Crippen LogP contribution in [0.3, 0.4) is 0 Å². The number of piperazine rings is 1. The van der Waals surface area contributed by atoms with Gasteiger partial charge in [-0.2, -0.15) is 5.10 Å². The third-order valence-electron chi connectivity index (χ3n) is 6.33. The number of H-pyrrole nitrogens is 1. The summed E-state index contributed by atoms with van der Waals surface area (Å²) in [5.74, 6) is 1.40. The molecule has 156 valence electrons. The third kappa shape index (κ3) is 2.96. The zero-order valence-electron chi connectivity index (χ0n) is 18.3. The van der Waals surface area contributed by atoms with Gasteiger partial charge >= 0.3 is 0 Å². The van der Waals surface area contributed by atoms with Gasteiger partial charge in [0.15, 0.2) is 5.65 Å². The Kier molecular flexibility index (Phi) is 4.50. The molecule has 2 N–H and O–H groups in total. The van der Waals surface area contributed by atoms with Crippen LogP contribution in [0, 0.1) is 13.8 Å². The van der Waals surface area contributed by atoms with Crippen LogP contribution in [0.2, 0.25) is 0 Å². The molecule has 0 amide bonds. The lowest BCUT2D eigenvalue weighted by atomic mass is 9.95. The summed E-state index contributed by atoms with van der Waals surface area (Å²) >= 11 is 0. The van der Waals surface area contributed by atoms with E-state index >= 15 is 0 Å². The van der Waals surface area contributed by atoms with Crippen LogP contribution in [0.25, 0.3) is 27.9 Å². The predicted molar refractivity (Wildman–Crippen MR) is 121 cm³/mol. The number of nitrogens with zero attached hydrogens (tertiary/aromatic N) is 5. The molecule has 7 nitrogen and oxygen atoms in total. The fourth-order valence-electron chi connectivity index (χ4n) is 4.62. The van der Waals surface area contributed by atoms with E-state index in [-0.39, 0.29) is 0 Å². The van der Waals surface area contributed by atoms with E-state index in [2.05, 4.69) is 78.2 Å². The molecule has 1 atom stereocenters. The van der Waals surface area contributed by atoms with Gasteiger partial charge < -0.3 is 15.2 Å². The van der Waals surface area contributed by atoms with Crippen LogP contribution in [0.5, 0.6) is 0 Å². The van der Waals surface area contributed by atoms with E-state index in [0.717, 1.165) is 59.0 Å². The number of fused-ring (bicyclic) bond motifs is 2. The molecule has 0 radical (unpaired) electrons. The van der Waals surface area contributed by atoms with Gasteiger partial charge in [0, 0.05) is 43.0 Å². The quantitative estimate of drug-likeness (QED) is 0.544. The van der Waals surface area contributed by atoms with Crippen LogP contribution in [-0.4, -0.2) is 50.2 Å². The van der Waals surface area contributed by atoms with E-state index in [4.69, 9.17) is 4.98 Å². The van der Waals surface area contributed by atoms with Gasteiger partial charge in [-0.3, -0.25) is 0 Å². The number of nitrogens with one attached hydrogen (secondary N) is 2. The molecule has 4 aromatic heterocycles. The van der Waals surface area contributed by atoms with Crippen molar-refractivity contribution >= 4 is 22.5 Å². The molecule has 1 saturated heterocycles. The van der Waals surface area contributed by atoms with E-state index < -0.39 is 0 Å². The highest BCUT2D eigenvalue weighted by Gasteiger charge is 2.23. The second-order valence-corrected chi connectivity index (χ2v) is 8.76. The van der Waals surface area contributed by atoms with Crippen molar-refractivity contribution in [3.05, 3.63) is 41.3 Å². The molecule has 5 heterocycles. The topological polar surface area (TPSA) is 74.1 Å². The van der Waals surface area contributed by atoms with Gasteiger partial charge in [0.2, 0.25) is 0 Å². The average molecular weight is 404 g/mol. The van der Waals surface area contributed by atoms with Gasteiger partial charge in [-0.15, -0.1) is 0 Å². The standard InChI is InChI=1S/C23H29N7/c1-13(2)20-21(17-11-30-23(25-12-26-30)16(5)15(17)4)27-18-6-7-19(28-22(18)20)29-9-8-24-14(3)10-29/h6-7,11-14,24,27H,8-10H2,1-5H3/t14-/m1/s1. The highest BCUT2D eigenvalue weighted by molar-refractivity contribution is 5.90. The molecule has 0 spiro atoms. The molecule has 7 heteroatoms. The Bertz CT molecular complexity index is 1230. The Balaban J connectivity index is 1.70. The molecule has 4 aromatic rings. The Labute approximate surface area is 176 Å². The van der Waals surface area contributed by atoms with Crippen molar-refractivity contribution in [2.75, 3.05) is 24.5 Å². The Morgan fingerprint density at radius 2 is 2.00 bits per heavy atom. The largest absolute Gasteiger partial charge is 0.354 e. The summed E-state index contributed by atoms with van der Waals surface area (Å²) in [4.78, 5) is 15.6. The average Bonchev–Trinajstić information content (AvgIpc) is 3.34. The van der Waals surface area contributed by atoms with Gasteiger partial charge in [0.1, 0.15) is 12.1 Å². The minimum Gasteiger partial charge on any atom is -0.354 e. The Morgan fingerprint density at radius 1 is 1.17 bits per heavy atom. The highest BCUT2D eigenvalue weighted by Crippen LogP contribution is 2.37. The number of pyridine rings is 2. The van der Waals surface area contributed by atoms with Crippen LogP contribution in [-0.2, 0) is 0 Å². The molecule has 0 bridgehead atoms. The molecule has 0 aromatic carbocycles. The van der Waals surface area contributed by atoms with Crippen LogP contribution < -0.4 is 10.2 Å². The van der Waals surface area contributed by atoms with E-state index in [0.29, 0.717) is 12.0 Å². The van der Waals surface area contributed by atoms with Gasteiger partial charge in [-0.05, 0) is 49.9 Å². The smallest absolute Gasteiger partial charge is 0.158 e. The van der Waals surface area contributed by atoms with Crippen LogP contribution in [0.4, 0.5) is 5.82 Å². The molecule has 1 fully saturated rings. The van der Waals surface area contributed by atoms with Crippen LogP contribution in [0.1, 0.15) is 43.4 Å². The highest BCUT2D eigenvalue weighted by atomic mass is 15.3. The fraction of sp³-hybridized carbons (Fsp3) is 0.435. The van der Waals surface area contributed by atoms with Gasteiger partial charge in [0.25, 0.3) is 0 Å². The minimum atomic E-state index is 0.338. The maximum Gasteiger partial charge on any atom is 0.158 e. The molecule has 5 rings (SSSR count). The van der Waals surface area contributed by atoms with Gasteiger partial charge in [0.05, 0.1) is 16.7 Å². The van der Waals surface area contributed by atoms with Crippen molar-refractivity contribution in [1.82, 2.24) is 29.9 Å². The van der Waals surface area contributed by atoms with Crippen molar-refractivity contribution < 1.29 is 0 Å². The summed E-state index contributed by atoms with van der Waals surface area (Å²) < 4.78 is 1.87. The zero-order valence-corrected chi connectivity index (χ0v) is 18.3. The number of aromatic amines is 1. The van der Waals surface area contributed by atoms with Crippen LogP contribution in [0.15, 0.2) is 24.7 Å². The lowest BCUT2D eigenvalue weighted by Crippen LogP contribution is -2.49. The first-order valence-electron chi connectivity index (χ1n) is 10.7. The number of aryl methyl sites for hydroxylation is 1. The summed E-state index contributed by atoms with van der Waals surface area (Å²) in [5, 5.41) is 7.89. The van der Waals surface area contributed by atoms with Crippen LogP contribution >= 0.6 is 0 Å². The molecule has 1 aliphatic rings. The molecule has 30 heavy (non-hydrogen) atoms. The fourth-order valence-corrected chi connectivity index (χ4v) is 4.62. The molecular weight excluding hydrogens is 374 g/mol. The summed E-state index contributed by atoms with van der Waals surface area (Å²) in [7, 11) is 0. The van der Waals surface area contributed by atoms with Crippen molar-refractivity contribution in [2.45, 2.75) is 46.6 Å². The van der Waals surface area contributed by atoms with Crippen molar-refractivity contribution in [1.29, 1.82) is 0 Å². The lowest BCUT2D eigenvalue weighted by molar-refractivity contribution is 0.482. The van der Waals surface area contributed by atoms with Crippen molar-refractivity contribution in [2.24, 2.45) is 0 Å². The molecule has 0 unspecified atom stereocenters. The van der Waals surface area contributed by atoms with E-state index in [1.165, 1.54) is 11.1 Å². The van der Waals surface area contributed by atoms with Gasteiger partial charge in [-0.1, -0.05) is 13.8 Å². The monoisotopic (exact) mass is 403 g/mol.